The third-order valence-corrected chi connectivity index (χ3v) is 6.42. The number of piperidine rings is 1. The molecule has 1 amide bonds. The summed E-state index contributed by atoms with van der Waals surface area (Å²) in [7, 11) is 0. The quantitative estimate of drug-likeness (QED) is 0.790. The number of rotatable bonds is 2. The molecule has 4 rings (SSSR count). The Kier molecular flexibility index (Phi) is 7.21. The zero-order chi connectivity index (χ0) is 15.0. The number of hydrogen-bond donors (Lipinski definition) is 1. The van der Waals surface area contributed by atoms with Crippen LogP contribution in [0.4, 0.5) is 0 Å². The molecule has 7 heteroatoms. The Morgan fingerprint density at radius 3 is 2.25 bits per heavy atom. The van der Waals surface area contributed by atoms with E-state index in [1.807, 2.05) is 0 Å². The average molecular weight is 380 g/mol. The molecule has 1 atom stereocenters. The van der Waals surface area contributed by atoms with Gasteiger partial charge in [0, 0.05) is 51.4 Å². The lowest BCUT2D eigenvalue weighted by atomic mass is 9.91. The van der Waals surface area contributed by atoms with Crippen LogP contribution >= 0.6 is 24.8 Å². The first kappa shape index (κ1) is 20.2. The van der Waals surface area contributed by atoms with Gasteiger partial charge in [0.25, 0.3) is 0 Å². The van der Waals surface area contributed by atoms with Gasteiger partial charge in [-0.05, 0) is 50.6 Å². The zero-order valence-electron chi connectivity index (χ0n) is 14.4. The summed E-state index contributed by atoms with van der Waals surface area (Å²) in [5.74, 6) is 0.790. The largest absolute Gasteiger partial charge is 0.381 e. The predicted molar refractivity (Wildman–Crippen MR) is 99.1 cm³/mol. The van der Waals surface area contributed by atoms with Crippen LogP contribution in [0.15, 0.2) is 0 Å². The first-order valence-corrected chi connectivity index (χ1v) is 9.10. The Hall–Kier alpha value is -0.0700. The molecule has 1 unspecified atom stereocenters. The maximum atomic E-state index is 12.8. The van der Waals surface area contributed by atoms with Gasteiger partial charge in [-0.15, -0.1) is 24.8 Å². The molecule has 1 aliphatic carbocycles. The fraction of sp³-hybridized carbons (Fsp3) is 0.941. The van der Waals surface area contributed by atoms with Gasteiger partial charge < -0.3 is 15.0 Å². The van der Waals surface area contributed by atoms with E-state index in [-0.39, 0.29) is 24.8 Å². The predicted octanol–water partition coefficient (Wildman–Crippen LogP) is 1.54. The minimum absolute atomic E-state index is 0. The molecule has 0 aromatic rings. The highest BCUT2D eigenvalue weighted by Gasteiger charge is 2.58. The molecule has 1 N–H and O–H groups in total. The molecule has 4 fully saturated rings. The Balaban J connectivity index is 0.00000104. The lowest BCUT2D eigenvalue weighted by Gasteiger charge is -2.41. The van der Waals surface area contributed by atoms with E-state index in [9.17, 15) is 4.79 Å². The standard InChI is InChI=1S/C17H29N3O2.2ClH/c21-16(15-13-17(15)3-5-18-6-4-17)20-9-7-19(8-10-20)14-1-11-22-12-2-14;;/h14-15,18H,1-13H2;2*1H. The van der Waals surface area contributed by atoms with Crippen molar-refractivity contribution in [2.24, 2.45) is 11.3 Å². The molecule has 4 aliphatic rings. The van der Waals surface area contributed by atoms with Gasteiger partial charge in [-0.1, -0.05) is 0 Å². The summed E-state index contributed by atoms with van der Waals surface area (Å²) in [6, 6.07) is 0.683. The molecule has 0 aromatic heterocycles. The van der Waals surface area contributed by atoms with E-state index in [1.54, 1.807) is 0 Å². The number of nitrogens with one attached hydrogen (secondary N) is 1. The molecule has 5 nitrogen and oxygen atoms in total. The summed E-state index contributed by atoms with van der Waals surface area (Å²) in [6.07, 6.45) is 5.87. The van der Waals surface area contributed by atoms with E-state index >= 15 is 0 Å². The molecule has 3 aliphatic heterocycles. The molecular formula is C17H31Cl2N3O2. The first-order valence-electron chi connectivity index (χ1n) is 9.10. The fourth-order valence-corrected chi connectivity index (χ4v) is 4.75. The Labute approximate surface area is 157 Å². The molecule has 0 aromatic carbocycles. The van der Waals surface area contributed by atoms with Gasteiger partial charge in [0.1, 0.15) is 0 Å². The number of hydrogen-bond acceptors (Lipinski definition) is 4. The number of halogens is 2. The van der Waals surface area contributed by atoms with Crippen LogP contribution in [-0.4, -0.2) is 74.2 Å². The van der Waals surface area contributed by atoms with E-state index in [0.717, 1.165) is 71.7 Å². The van der Waals surface area contributed by atoms with Crippen molar-refractivity contribution in [3.8, 4) is 0 Å². The molecule has 140 valence electrons. The molecule has 0 radical (unpaired) electrons. The van der Waals surface area contributed by atoms with Gasteiger partial charge in [0.05, 0.1) is 0 Å². The van der Waals surface area contributed by atoms with E-state index in [0.29, 0.717) is 23.3 Å². The van der Waals surface area contributed by atoms with Crippen molar-refractivity contribution < 1.29 is 9.53 Å². The van der Waals surface area contributed by atoms with Crippen molar-refractivity contribution in [3.63, 3.8) is 0 Å². The summed E-state index contributed by atoms with van der Waals surface area (Å²) in [6.45, 7) is 7.98. The molecular weight excluding hydrogens is 349 g/mol. The summed E-state index contributed by atoms with van der Waals surface area (Å²) in [5.41, 5.74) is 0.375. The lowest BCUT2D eigenvalue weighted by Crippen LogP contribution is -2.53. The number of carbonyl (C=O) groups excluding carboxylic acids is 1. The van der Waals surface area contributed by atoms with E-state index in [2.05, 4.69) is 15.1 Å². The monoisotopic (exact) mass is 379 g/mol. The van der Waals surface area contributed by atoms with Crippen LogP contribution in [0.1, 0.15) is 32.1 Å². The topological polar surface area (TPSA) is 44.8 Å². The Morgan fingerprint density at radius 2 is 1.62 bits per heavy atom. The van der Waals surface area contributed by atoms with Crippen molar-refractivity contribution in [3.05, 3.63) is 0 Å². The van der Waals surface area contributed by atoms with Crippen molar-refractivity contribution in [1.29, 1.82) is 0 Å². The third-order valence-electron chi connectivity index (χ3n) is 6.42. The minimum atomic E-state index is 0. The van der Waals surface area contributed by atoms with Crippen LogP contribution in [0, 0.1) is 11.3 Å². The first-order chi connectivity index (χ1) is 10.8. The van der Waals surface area contributed by atoms with Crippen LogP contribution in [0.5, 0.6) is 0 Å². The highest BCUT2D eigenvalue weighted by atomic mass is 35.5. The summed E-state index contributed by atoms with van der Waals surface area (Å²) in [5, 5.41) is 3.42. The molecule has 1 spiro atoms. The van der Waals surface area contributed by atoms with Gasteiger partial charge >= 0.3 is 0 Å². The number of ether oxygens (including phenoxy) is 1. The van der Waals surface area contributed by atoms with Crippen molar-refractivity contribution in [2.45, 2.75) is 38.1 Å². The van der Waals surface area contributed by atoms with E-state index in [4.69, 9.17) is 4.74 Å². The lowest BCUT2D eigenvalue weighted by molar-refractivity contribution is -0.136. The van der Waals surface area contributed by atoms with Crippen LogP contribution in [-0.2, 0) is 9.53 Å². The van der Waals surface area contributed by atoms with Gasteiger partial charge in [-0.2, -0.15) is 0 Å². The van der Waals surface area contributed by atoms with Crippen molar-refractivity contribution in [1.82, 2.24) is 15.1 Å². The van der Waals surface area contributed by atoms with E-state index in [1.165, 1.54) is 12.8 Å². The number of nitrogens with zero attached hydrogens (tertiary/aromatic N) is 2. The molecule has 3 saturated heterocycles. The smallest absolute Gasteiger partial charge is 0.226 e. The second-order valence-corrected chi connectivity index (χ2v) is 7.57. The van der Waals surface area contributed by atoms with Gasteiger partial charge in [-0.3, -0.25) is 9.69 Å². The van der Waals surface area contributed by atoms with Crippen LogP contribution in [0.2, 0.25) is 0 Å². The van der Waals surface area contributed by atoms with Gasteiger partial charge in [0.15, 0.2) is 0 Å². The van der Waals surface area contributed by atoms with Crippen LogP contribution < -0.4 is 5.32 Å². The Morgan fingerprint density at radius 1 is 1.00 bits per heavy atom. The summed E-state index contributed by atoms with van der Waals surface area (Å²) in [4.78, 5) is 17.5. The number of carbonyl (C=O) groups is 1. The fourth-order valence-electron chi connectivity index (χ4n) is 4.75. The van der Waals surface area contributed by atoms with Crippen LogP contribution in [0.25, 0.3) is 0 Å². The number of amides is 1. The maximum absolute atomic E-state index is 12.8. The SMILES string of the molecule is Cl.Cl.O=C(C1CC12CCNCC2)N1CCN(C2CCOCC2)CC1. The van der Waals surface area contributed by atoms with Gasteiger partial charge in [0.2, 0.25) is 5.91 Å². The highest BCUT2D eigenvalue weighted by Crippen LogP contribution is 2.59. The molecule has 3 heterocycles. The third kappa shape index (κ3) is 4.01. The van der Waals surface area contributed by atoms with Crippen molar-refractivity contribution >= 4 is 30.7 Å². The molecule has 0 bridgehead atoms. The number of piperazine rings is 1. The second kappa shape index (κ2) is 8.54. The van der Waals surface area contributed by atoms with Gasteiger partial charge in [-0.25, -0.2) is 0 Å². The summed E-state index contributed by atoms with van der Waals surface area (Å²) >= 11 is 0. The molecule has 24 heavy (non-hydrogen) atoms. The minimum Gasteiger partial charge on any atom is -0.381 e. The normalized spacial score (nSPS) is 30.3. The highest BCUT2D eigenvalue weighted by molar-refractivity contribution is 5.85. The Bertz CT molecular complexity index is 418. The molecule has 1 saturated carbocycles. The van der Waals surface area contributed by atoms with Crippen LogP contribution in [0.3, 0.4) is 0 Å². The summed E-state index contributed by atoms with van der Waals surface area (Å²) < 4.78 is 5.46. The second-order valence-electron chi connectivity index (χ2n) is 7.57. The average Bonchev–Trinajstić information content (AvgIpc) is 3.29. The zero-order valence-corrected chi connectivity index (χ0v) is 16.0. The van der Waals surface area contributed by atoms with E-state index < -0.39 is 0 Å². The maximum Gasteiger partial charge on any atom is 0.226 e. The van der Waals surface area contributed by atoms with Crippen molar-refractivity contribution in [2.75, 3.05) is 52.5 Å².